The molecule has 148 valence electrons. The minimum Gasteiger partial charge on any atom is -0.384 e. The van der Waals surface area contributed by atoms with Crippen LogP contribution in [0.5, 0.6) is 0 Å². The van der Waals surface area contributed by atoms with Gasteiger partial charge in [0.05, 0.1) is 17.5 Å². The molecule has 3 N–H and O–H groups in total. The molecule has 0 fully saturated rings. The average molecular weight is 462 g/mol. The second-order valence-electron chi connectivity index (χ2n) is 7.41. The summed E-state index contributed by atoms with van der Waals surface area (Å²) in [6, 6.07) is 11.1. The first-order valence-corrected chi connectivity index (χ1v) is 10.3. The summed E-state index contributed by atoms with van der Waals surface area (Å²) in [4.78, 5) is 32.7. The molecule has 0 radical (unpaired) electrons. The summed E-state index contributed by atoms with van der Waals surface area (Å²) in [6.45, 7) is 0. The second kappa shape index (κ2) is 6.54. The maximum Gasteiger partial charge on any atom is 0.245 e. The van der Waals surface area contributed by atoms with E-state index in [0.29, 0.717) is 47.5 Å². The summed E-state index contributed by atoms with van der Waals surface area (Å²) in [6.07, 6.45) is 4.79. The van der Waals surface area contributed by atoms with Crippen LogP contribution in [0.3, 0.4) is 0 Å². The van der Waals surface area contributed by atoms with Gasteiger partial charge in [-0.1, -0.05) is 15.9 Å². The maximum absolute atomic E-state index is 13.5. The molecule has 1 aromatic heterocycles. The van der Waals surface area contributed by atoms with Crippen molar-refractivity contribution in [3.63, 3.8) is 0 Å². The lowest BCUT2D eigenvalue weighted by Gasteiger charge is -2.43. The Bertz CT molecular complexity index is 1230. The minimum absolute atomic E-state index is 0.0507. The molecule has 5 rings (SSSR count). The van der Waals surface area contributed by atoms with Gasteiger partial charge in [-0.3, -0.25) is 19.5 Å². The lowest BCUT2D eigenvalue weighted by Crippen LogP contribution is -2.50. The van der Waals surface area contributed by atoms with Crippen LogP contribution >= 0.6 is 15.9 Å². The van der Waals surface area contributed by atoms with Gasteiger partial charge in [-0.25, -0.2) is 0 Å². The Balaban J connectivity index is 1.90. The zero-order valence-electron chi connectivity index (χ0n) is 15.8. The first kappa shape index (κ1) is 18.6. The molecule has 0 bridgehead atoms. The van der Waals surface area contributed by atoms with E-state index in [1.807, 2.05) is 6.07 Å². The Morgan fingerprint density at radius 1 is 1.27 bits per heavy atom. The fourth-order valence-electron chi connectivity index (χ4n) is 4.74. The third-order valence-electron chi connectivity index (χ3n) is 5.89. The SMILES string of the molecule is N#CC1=C(N)N(c2cccnc2)C2=C(C(=O)CCC2)C12C(=O)Nc1ccc(Br)cc12. The Kier molecular flexibility index (Phi) is 4.05. The van der Waals surface area contributed by atoms with Crippen molar-refractivity contribution in [1.82, 2.24) is 4.98 Å². The summed E-state index contributed by atoms with van der Waals surface area (Å²) >= 11 is 3.45. The van der Waals surface area contributed by atoms with Crippen molar-refractivity contribution in [2.24, 2.45) is 5.73 Å². The molecule has 1 spiro atoms. The summed E-state index contributed by atoms with van der Waals surface area (Å²) in [5.74, 6) is -0.432. The van der Waals surface area contributed by atoms with Crippen molar-refractivity contribution in [3.05, 3.63) is 75.4 Å². The lowest BCUT2D eigenvalue weighted by atomic mass is 9.64. The van der Waals surface area contributed by atoms with Crippen LogP contribution < -0.4 is 16.0 Å². The van der Waals surface area contributed by atoms with Crippen LogP contribution in [0.25, 0.3) is 0 Å². The van der Waals surface area contributed by atoms with Gasteiger partial charge in [-0.15, -0.1) is 0 Å². The number of nitrogens with one attached hydrogen (secondary N) is 1. The summed E-state index contributed by atoms with van der Waals surface area (Å²) in [5, 5.41) is 13.0. The number of Topliss-reactive ketones (excluding diaryl/α,β-unsaturated/α-hetero) is 1. The van der Waals surface area contributed by atoms with Gasteiger partial charge in [-0.2, -0.15) is 5.26 Å². The lowest BCUT2D eigenvalue weighted by molar-refractivity contribution is -0.122. The molecule has 2 aromatic rings. The van der Waals surface area contributed by atoms with Gasteiger partial charge < -0.3 is 11.1 Å². The largest absolute Gasteiger partial charge is 0.384 e. The number of pyridine rings is 1. The van der Waals surface area contributed by atoms with Crippen LogP contribution in [-0.4, -0.2) is 16.7 Å². The highest BCUT2D eigenvalue weighted by Crippen LogP contribution is 2.55. The van der Waals surface area contributed by atoms with E-state index in [9.17, 15) is 14.9 Å². The fraction of sp³-hybridized carbons (Fsp3) is 0.182. The van der Waals surface area contributed by atoms with E-state index < -0.39 is 11.3 Å². The highest BCUT2D eigenvalue weighted by Gasteiger charge is 2.60. The van der Waals surface area contributed by atoms with E-state index >= 15 is 0 Å². The first-order valence-electron chi connectivity index (χ1n) is 9.49. The van der Waals surface area contributed by atoms with Gasteiger partial charge in [0, 0.05) is 39.6 Å². The number of halogens is 1. The van der Waals surface area contributed by atoms with Crippen molar-refractivity contribution < 1.29 is 9.59 Å². The van der Waals surface area contributed by atoms with E-state index in [4.69, 9.17) is 5.73 Å². The quantitative estimate of drug-likeness (QED) is 0.673. The zero-order valence-corrected chi connectivity index (χ0v) is 17.4. The number of amides is 1. The zero-order chi connectivity index (χ0) is 21.0. The summed E-state index contributed by atoms with van der Waals surface area (Å²) < 4.78 is 0.744. The van der Waals surface area contributed by atoms with Crippen molar-refractivity contribution in [1.29, 1.82) is 5.26 Å². The van der Waals surface area contributed by atoms with E-state index in [0.717, 1.165) is 4.47 Å². The van der Waals surface area contributed by atoms with Gasteiger partial charge in [0.2, 0.25) is 5.91 Å². The number of hydrogen-bond donors (Lipinski definition) is 2. The molecule has 0 saturated heterocycles. The van der Waals surface area contributed by atoms with E-state index in [1.165, 1.54) is 0 Å². The van der Waals surface area contributed by atoms with Gasteiger partial charge >= 0.3 is 0 Å². The predicted octanol–water partition coefficient (Wildman–Crippen LogP) is 3.26. The number of rotatable bonds is 1. The Labute approximate surface area is 181 Å². The third-order valence-corrected chi connectivity index (χ3v) is 6.39. The molecule has 2 aliphatic heterocycles. The van der Waals surface area contributed by atoms with Gasteiger partial charge in [-0.05, 0) is 43.2 Å². The molecule has 1 atom stereocenters. The molecular formula is C22H16BrN5O2. The Morgan fingerprint density at radius 2 is 2.10 bits per heavy atom. The number of ketones is 1. The molecule has 3 heterocycles. The van der Waals surface area contributed by atoms with E-state index in [-0.39, 0.29) is 17.2 Å². The summed E-state index contributed by atoms with van der Waals surface area (Å²) in [7, 11) is 0. The van der Waals surface area contributed by atoms with Crippen LogP contribution in [0, 0.1) is 11.3 Å². The number of hydrogen-bond acceptors (Lipinski definition) is 6. The molecular weight excluding hydrogens is 446 g/mol. The number of allylic oxidation sites excluding steroid dienone is 1. The molecule has 1 unspecified atom stereocenters. The molecule has 1 amide bonds. The summed E-state index contributed by atoms with van der Waals surface area (Å²) in [5.41, 5.74) is 7.81. The number of nitrogens with zero attached hydrogens (tertiary/aromatic N) is 3. The number of anilines is 2. The normalized spacial score (nSPS) is 22.7. The number of benzene rings is 1. The molecule has 7 nitrogen and oxygen atoms in total. The minimum atomic E-state index is -1.55. The maximum atomic E-state index is 13.5. The molecule has 3 aliphatic rings. The van der Waals surface area contributed by atoms with Gasteiger partial charge in [0.1, 0.15) is 17.3 Å². The number of nitriles is 1. The molecule has 0 saturated carbocycles. The standard InChI is InChI=1S/C22H16BrN5O2/c23-12-6-7-16-14(9-12)22(21(30)27-16)15(10-24)20(25)28(13-3-2-8-26-11-13)17-4-1-5-18(29)19(17)22/h2-3,6-9,11H,1,4-5,25H2,(H,27,30). The second-order valence-corrected chi connectivity index (χ2v) is 8.33. The number of carbonyl (C=O) groups is 2. The van der Waals surface area contributed by atoms with Crippen LogP contribution in [0.2, 0.25) is 0 Å². The number of nitrogens with two attached hydrogens (primary N) is 1. The fourth-order valence-corrected chi connectivity index (χ4v) is 5.10. The topological polar surface area (TPSA) is 112 Å². The number of carbonyl (C=O) groups excluding carboxylic acids is 2. The Morgan fingerprint density at radius 3 is 2.83 bits per heavy atom. The van der Waals surface area contributed by atoms with Crippen molar-refractivity contribution in [3.8, 4) is 6.07 Å². The third kappa shape index (κ3) is 2.27. The number of aromatic nitrogens is 1. The van der Waals surface area contributed by atoms with E-state index in [1.54, 1.807) is 41.6 Å². The molecule has 1 aromatic carbocycles. The van der Waals surface area contributed by atoms with Gasteiger partial charge in [0.25, 0.3) is 0 Å². The van der Waals surface area contributed by atoms with Crippen LogP contribution in [0.4, 0.5) is 11.4 Å². The molecule has 8 heteroatoms. The molecule has 30 heavy (non-hydrogen) atoms. The highest BCUT2D eigenvalue weighted by molar-refractivity contribution is 9.10. The highest BCUT2D eigenvalue weighted by atomic mass is 79.9. The first-order chi connectivity index (χ1) is 14.5. The van der Waals surface area contributed by atoms with Crippen LogP contribution in [-0.2, 0) is 15.0 Å². The molecule has 1 aliphatic carbocycles. The van der Waals surface area contributed by atoms with Gasteiger partial charge in [0.15, 0.2) is 5.78 Å². The van der Waals surface area contributed by atoms with Crippen molar-refractivity contribution >= 4 is 39.0 Å². The smallest absolute Gasteiger partial charge is 0.245 e. The number of fused-ring (bicyclic) bond motifs is 3. The van der Waals surface area contributed by atoms with Crippen LogP contribution in [0.1, 0.15) is 24.8 Å². The predicted molar refractivity (Wildman–Crippen MR) is 114 cm³/mol. The van der Waals surface area contributed by atoms with Crippen LogP contribution in [0.15, 0.2) is 69.9 Å². The average Bonchev–Trinajstić information content (AvgIpc) is 3.01. The van der Waals surface area contributed by atoms with E-state index in [2.05, 4.69) is 32.3 Å². The van der Waals surface area contributed by atoms with Crippen molar-refractivity contribution in [2.75, 3.05) is 10.2 Å². The Hall–Kier alpha value is -3.44. The monoisotopic (exact) mass is 461 g/mol. The van der Waals surface area contributed by atoms with Crippen molar-refractivity contribution in [2.45, 2.75) is 24.7 Å².